The maximum absolute atomic E-state index is 12.5. The van der Waals surface area contributed by atoms with Gasteiger partial charge in [0.2, 0.25) is 0 Å². The van der Waals surface area contributed by atoms with Crippen molar-refractivity contribution in [3.8, 4) is 0 Å². The van der Waals surface area contributed by atoms with Gasteiger partial charge in [0.15, 0.2) is 0 Å². The third-order valence-corrected chi connectivity index (χ3v) is 6.11. The molecule has 1 amide bonds. The summed E-state index contributed by atoms with van der Waals surface area (Å²) in [7, 11) is 0. The summed E-state index contributed by atoms with van der Waals surface area (Å²) in [5, 5.41) is 2.98. The number of aromatic amines is 1. The average Bonchev–Trinajstić information content (AvgIpc) is 3.07. The van der Waals surface area contributed by atoms with Crippen molar-refractivity contribution in [1.82, 2.24) is 4.98 Å². The summed E-state index contributed by atoms with van der Waals surface area (Å²) < 4.78 is 1.89. The van der Waals surface area contributed by atoms with Crippen molar-refractivity contribution in [3.63, 3.8) is 0 Å². The van der Waals surface area contributed by atoms with Crippen molar-refractivity contribution in [2.45, 2.75) is 32.6 Å². The van der Waals surface area contributed by atoms with Crippen LogP contribution in [-0.4, -0.2) is 10.9 Å². The Labute approximate surface area is 151 Å². The first kappa shape index (κ1) is 15.2. The number of halogens is 2. The second-order valence-electron chi connectivity index (χ2n) is 6.16. The number of aromatic nitrogens is 1. The number of anilines is 1. The topological polar surface area (TPSA) is 44.9 Å². The average molecular weight is 436 g/mol. The zero-order chi connectivity index (χ0) is 16.1. The van der Waals surface area contributed by atoms with Gasteiger partial charge in [-0.1, -0.05) is 15.9 Å². The van der Waals surface area contributed by atoms with Crippen molar-refractivity contribution in [2.24, 2.45) is 0 Å². The third kappa shape index (κ3) is 2.50. The van der Waals surface area contributed by atoms with Gasteiger partial charge in [-0.3, -0.25) is 4.79 Å². The number of nitrogens with one attached hydrogen (secondary N) is 2. The minimum Gasteiger partial charge on any atom is -0.359 e. The molecule has 2 aromatic rings. The van der Waals surface area contributed by atoms with Gasteiger partial charge in [-0.05, 0) is 77.9 Å². The fourth-order valence-electron chi connectivity index (χ4n) is 3.47. The van der Waals surface area contributed by atoms with Crippen molar-refractivity contribution < 1.29 is 4.79 Å². The third-order valence-electron chi connectivity index (χ3n) is 4.66. The molecule has 1 aliphatic carbocycles. The van der Waals surface area contributed by atoms with E-state index in [1.807, 2.05) is 19.1 Å². The number of rotatable bonds is 1. The molecule has 118 valence electrons. The van der Waals surface area contributed by atoms with Gasteiger partial charge in [0.25, 0.3) is 5.91 Å². The van der Waals surface area contributed by atoms with E-state index < -0.39 is 0 Å². The standard InChI is InChI=1S/C18H16Br2N2O/c1-9-13(19)8-14(20)17-16(9)12(18(23)22-17)7-11-6-10-4-2-3-5-15(10)21-11/h6-8,21H,2-5H2,1H3,(H,22,23). The Balaban J connectivity index is 1.84. The van der Waals surface area contributed by atoms with Crippen LogP contribution in [0, 0.1) is 6.92 Å². The highest BCUT2D eigenvalue weighted by atomic mass is 79.9. The molecule has 0 unspecified atom stereocenters. The Morgan fingerprint density at radius 1 is 1.13 bits per heavy atom. The normalized spacial score (nSPS) is 18.0. The molecule has 23 heavy (non-hydrogen) atoms. The van der Waals surface area contributed by atoms with E-state index in [1.165, 1.54) is 24.1 Å². The predicted molar refractivity (Wildman–Crippen MR) is 101 cm³/mol. The lowest BCUT2D eigenvalue weighted by Crippen LogP contribution is -2.03. The Morgan fingerprint density at radius 2 is 1.91 bits per heavy atom. The molecule has 0 spiro atoms. The van der Waals surface area contributed by atoms with Crippen molar-refractivity contribution in [3.05, 3.63) is 49.2 Å². The number of hydrogen-bond acceptors (Lipinski definition) is 1. The van der Waals surface area contributed by atoms with Crippen LogP contribution in [0.3, 0.4) is 0 Å². The van der Waals surface area contributed by atoms with Gasteiger partial charge in [-0.2, -0.15) is 0 Å². The minimum absolute atomic E-state index is 0.0468. The van der Waals surface area contributed by atoms with Gasteiger partial charge in [-0.25, -0.2) is 0 Å². The predicted octanol–water partition coefficient (Wildman–Crippen LogP) is 5.22. The number of fused-ring (bicyclic) bond motifs is 2. The fourth-order valence-corrected chi connectivity index (χ4v) is 4.73. The summed E-state index contributed by atoms with van der Waals surface area (Å²) in [6.45, 7) is 2.03. The molecule has 2 aliphatic rings. The van der Waals surface area contributed by atoms with Crippen LogP contribution in [0.25, 0.3) is 11.6 Å². The molecular weight excluding hydrogens is 420 g/mol. The quantitative estimate of drug-likeness (QED) is 0.592. The zero-order valence-corrected chi connectivity index (χ0v) is 15.9. The molecule has 1 aromatic heterocycles. The van der Waals surface area contributed by atoms with Crippen LogP contribution in [0.5, 0.6) is 0 Å². The number of amides is 1. The lowest BCUT2D eigenvalue weighted by molar-refractivity contribution is -0.110. The monoisotopic (exact) mass is 434 g/mol. The molecule has 2 N–H and O–H groups in total. The lowest BCUT2D eigenvalue weighted by Gasteiger charge is -2.09. The first-order valence-electron chi connectivity index (χ1n) is 7.77. The molecule has 1 aliphatic heterocycles. The van der Waals surface area contributed by atoms with Crippen LogP contribution in [0.15, 0.2) is 21.1 Å². The SMILES string of the molecule is Cc1c(Br)cc(Br)c2c1C(=Cc1cc3c([nH]1)CCCC3)C(=O)N2. The molecule has 2 heterocycles. The van der Waals surface area contributed by atoms with E-state index in [0.29, 0.717) is 0 Å². The smallest absolute Gasteiger partial charge is 0.256 e. The van der Waals surface area contributed by atoms with Crippen molar-refractivity contribution >= 4 is 55.1 Å². The van der Waals surface area contributed by atoms with Gasteiger partial charge < -0.3 is 10.3 Å². The van der Waals surface area contributed by atoms with E-state index >= 15 is 0 Å². The Kier molecular flexibility index (Phi) is 3.73. The summed E-state index contributed by atoms with van der Waals surface area (Å²) in [6, 6.07) is 4.17. The Hall–Kier alpha value is -1.33. The zero-order valence-electron chi connectivity index (χ0n) is 12.7. The molecule has 0 bridgehead atoms. The van der Waals surface area contributed by atoms with E-state index in [9.17, 15) is 4.79 Å². The maximum Gasteiger partial charge on any atom is 0.256 e. The molecule has 3 nitrogen and oxygen atoms in total. The first-order chi connectivity index (χ1) is 11.0. The van der Waals surface area contributed by atoms with Crippen LogP contribution in [0.1, 0.15) is 40.9 Å². The molecule has 0 saturated heterocycles. The van der Waals surface area contributed by atoms with E-state index in [0.717, 1.165) is 49.9 Å². The van der Waals surface area contributed by atoms with Crippen LogP contribution in [0.4, 0.5) is 5.69 Å². The van der Waals surface area contributed by atoms with Gasteiger partial charge in [0, 0.05) is 25.9 Å². The van der Waals surface area contributed by atoms with Gasteiger partial charge in [0.05, 0.1) is 11.3 Å². The Bertz CT molecular complexity index is 841. The number of carbonyl (C=O) groups is 1. The van der Waals surface area contributed by atoms with Crippen LogP contribution < -0.4 is 5.32 Å². The summed E-state index contributed by atoms with van der Waals surface area (Å²) >= 11 is 7.11. The van der Waals surface area contributed by atoms with Crippen LogP contribution in [0.2, 0.25) is 0 Å². The van der Waals surface area contributed by atoms with Crippen molar-refractivity contribution in [1.29, 1.82) is 0 Å². The van der Waals surface area contributed by atoms with Gasteiger partial charge in [-0.15, -0.1) is 0 Å². The highest BCUT2D eigenvalue weighted by Crippen LogP contribution is 2.43. The number of aryl methyl sites for hydroxylation is 2. The van der Waals surface area contributed by atoms with E-state index in [1.54, 1.807) is 0 Å². The largest absolute Gasteiger partial charge is 0.359 e. The lowest BCUT2D eigenvalue weighted by atomic mass is 9.98. The summed E-state index contributed by atoms with van der Waals surface area (Å²) in [5.74, 6) is -0.0468. The van der Waals surface area contributed by atoms with Gasteiger partial charge >= 0.3 is 0 Å². The first-order valence-corrected chi connectivity index (χ1v) is 9.36. The van der Waals surface area contributed by atoms with Crippen LogP contribution in [-0.2, 0) is 17.6 Å². The number of benzene rings is 1. The van der Waals surface area contributed by atoms with E-state index in [4.69, 9.17) is 0 Å². The minimum atomic E-state index is -0.0468. The fraction of sp³-hybridized carbons (Fsp3) is 0.278. The Morgan fingerprint density at radius 3 is 2.70 bits per heavy atom. The second kappa shape index (κ2) is 5.64. The highest BCUT2D eigenvalue weighted by molar-refractivity contribution is 9.11. The number of carbonyl (C=O) groups excluding carboxylic acids is 1. The molecular formula is C18H16Br2N2O. The molecule has 4 rings (SSSR count). The molecule has 0 fully saturated rings. The molecule has 5 heteroatoms. The van der Waals surface area contributed by atoms with E-state index in [-0.39, 0.29) is 5.91 Å². The number of H-pyrrole nitrogens is 1. The summed E-state index contributed by atoms with van der Waals surface area (Å²) in [6.07, 6.45) is 6.71. The molecule has 1 aromatic carbocycles. The molecule has 0 radical (unpaired) electrons. The van der Waals surface area contributed by atoms with Crippen LogP contribution >= 0.6 is 31.9 Å². The molecule has 0 atom stereocenters. The second-order valence-corrected chi connectivity index (χ2v) is 7.87. The highest BCUT2D eigenvalue weighted by Gasteiger charge is 2.29. The maximum atomic E-state index is 12.5. The van der Waals surface area contributed by atoms with E-state index in [2.05, 4.69) is 48.2 Å². The summed E-state index contributed by atoms with van der Waals surface area (Å²) in [4.78, 5) is 15.9. The summed E-state index contributed by atoms with van der Waals surface area (Å²) in [5.41, 5.74) is 7.37. The van der Waals surface area contributed by atoms with Gasteiger partial charge in [0.1, 0.15) is 0 Å². The van der Waals surface area contributed by atoms with Crippen molar-refractivity contribution in [2.75, 3.05) is 5.32 Å². The molecule has 0 saturated carbocycles. The number of hydrogen-bond donors (Lipinski definition) is 2.